The molecule has 0 fully saturated rings. The Morgan fingerprint density at radius 2 is 1.48 bits per heavy atom. The molecule has 25 heavy (non-hydrogen) atoms. The molecule has 0 unspecified atom stereocenters. The van der Waals surface area contributed by atoms with Gasteiger partial charge in [0, 0.05) is 29.1 Å². The predicted molar refractivity (Wildman–Crippen MR) is 103 cm³/mol. The Kier molecular flexibility index (Phi) is 4.26. The quantitative estimate of drug-likeness (QED) is 0.475. The zero-order valence-electron chi connectivity index (χ0n) is 13.1. The Balaban J connectivity index is 1.92. The number of rotatable bonds is 3. The third-order valence-corrected chi connectivity index (χ3v) is 4.65. The molecular weight excluding hydrogens is 353 g/mol. The number of aromatic nitrogens is 3. The van der Waals surface area contributed by atoms with Crippen molar-refractivity contribution in [3.63, 3.8) is 0 Å². The van der Waals surface area contributed by atoms with Crippen LogP contribution in [0.2, 0.25) is 10.0 Å². The van der Waals surface area contributed by atoms with E-state index in [0.29, 0.717) is 10.0 Å². The largest absolute Gasteiger partial charge is 0.337 e. The van der Waals surface area contributed by atoms with Gasteiger partial charge in [-0.15, -0.1) is 0 Å². The standard InChI is InChI=1S/C20H13Cl2N3/c21-16-7-6-15(12-17(16)22)19-18(13-4-2-1-3-5-13)24-20(25-19)14-8-10-23-11-9-14/h1-12H,(H,24,25). The fraction of sp³-hybridized carbons (Fsp3) is 0. The molecule has 0 aliphatic heterocycles. The Morgan fingerprint density at radius 3 is 2.20 bits per heavy atom. The lowest BCUT2D eigenvalue weighted by Gasteiger charge is -2.04. The molecule has 3 nitrogen and oxygen atoms in total. The molecule has 5 heteroatoms. The molecule has 0 bridgehead atoms. The zero-order valence-corrected chi connectivity index (χ0v) is 14.6. The number of imidazole rings is 1. The topological polar surface area (TPSA) is 41.6 Å². The summed E-state index contributed by atoms with van der Waals surface area (Å²) in [5, 5.41) is 1.03. The average Bonchev–Trinajstić information content (AvgIpc) is 3.11. The lowest BCUT2D eigenvalue weighted by Crippen LogP contribution is -1.84. The summed E-state index contributed by atoms with van der Waals surface area (Å²) >= 11 is 12.3. The van der Waals surface area contributed by atoms with Gasteiger partial charge in [0.05, 0.1) is 21.4 Å². The summed E-state index contributed by atoms with van der Waals surface area (Å²) in [5.74, 6) is 0.780. The van der Waals surface area contributed by atoms with Crippen molar-refractivity contribution in [1.29, 1.82) is 0 Å². The van der Waals surface area contributed by atoms with Gasteiger partial charge in [0.25, 0.3) is 0 Å². The number of pyridine rings is 1. The molecule has 4 aromatic rings. The fourth-order valence-corrected chi connectivity index (χ4v) is 2.98. The monoisotopic (exact) mass is 365 g/mol. The molecule has 0 saturated heterocycles. The first-order valence-corrected chi connectivity index (χ1v) is 8.49. The number of halogens is 2. The number of benzene rings is 2. The smallest absolute Gasteiger partial charge is 0.138 e. The molecule has 0 saturated carbocycles. The number of hydrogen-bond acceptors (Lipinski definition) is 2. The summed E-state index contributed by atoms with van der Waals surface area (Å²) in [4.78, 5) is 12.3. The van der Waals surface area contributed by atoms with Crippen molar-refractivity contribution in [3.8, 4) is 33.9 Å². The maximum atomic E-state index is 6.21. The van der Waals surface area contributed by atoms with Crippen molar-refractivity contribution < 1.29 is 0 Å². The summed E-state index contributed by atoms with van der Waals surface area (Å²) in [6.07, 6.45) is 3.50. The van der Waals surface area contributed by atoms with Crippen LogP contribution in [0, 0.1) is 0 Å². The van der Waals surface area contributed by atoms with E-state index < -0.39 is 0 Å². The van der Waals surface area contributed by atoms with E-state index in [2.05, 4.69) is 9.97 Å². The molecule has 2 aromatic heterocycles. The van der Waals surface area contributed by atoms with Crippen LogP contribution < -0.4 is 0 Å². The van der Waals surface area contributed by atoms with Crippen molar-refractivity contribution in [2.75, 3.05) is 0 Å². The Bertz CT molecular complexity index is 1010. The summed E-state index contributed by atoms with van der Waals surface area (Å²) in [5.41, 5.74) is 4.70. The van der Waals surface area contributed by atoms with E-state index in [4.69, 9.17) is 28.2 Å². The predicted octanol–water partition coefficient (Wildman–Crippen LogP) is 6.11. The molecule has 0 aliphatic rings. The van der Waals surface area contributed by atoms with Crippen LogP contribution in [0.3, 0.4) is 0 Å². The molecule has 2 aromatic carbocycles. The molecule has 0 radical (unpaired) electrons. The van der Waals surface area contributed by atoms with Crippen LogP contribution in [-0.4, -0.2) is 15.0 Å². The van der Waals surface area contributed by atoms with Gasteiger partial charge in [0.15, 0.2) is 0 Å². The Hall–Kier alpha value is -2.62. The minimum absolute atomic E-state index is 0.506. The van der Waals surface area contributed by atoms with E-state index >= 15 is 0 Å². The van der Waals surface area contributed by atoms with Crippen molar-refractivity contribution in [1.82, 2.24) is 15.0 Å². The highest BCUT2D eigenvalue weighted by Gasteiger charge is 2.16. The van der Waals surface area contributed by atoms with Gasteiger partial charge in [-0.1, -0.05) is 59.6 Å². The van der Waals surface area contributed by atoms with Crippen LogP contribution in [0.4, 0.5) is 0 Å². The molecule has 0 amide bonds. The first-order valence-electron chi connectivity index (χ1n) is 7.73. The molecule has 0 aliphatic carbocycles. The van der Waals surface area contributed by atoms with Gasteiger partial charge in [-0.25, -0.2) is 4.98 Å². The molecule has 4 rings (SSSR count). The molecule has 2 heterocycles. The third-order valence-electron chi connectivity index (χ3n) is 3.91. The van der Waals surface area contributed by atoms with Gasteiger partial charge in [0.2, 0.25) is 0 Å². The zero-order chi connectivity index (χ0) is 17.2. The van der Waals surface area contributed by atoms with Gasteiger partial charge >= 0.3 is 0 Å². The maximum Gasteiger partial charge on any atom is 0.138 e. The van der Waals surface area contributed by atoms with Crippen LogP contribution in [0.15, 0.2) is 73.1 Å². The minimum Gasteiger partial charge on any atom is -0.337 e. The number of nitrogens with one attached hydrogen (secondary N) is 1. The van der Waals surface area contributed by atoms with E-state index in [1.54, 1.807) is 18.5 Å². The first kappa shape index (κ1) is 15.9. The lowest BCUT2D eigenvalue weighted by atomic mass is 10.1. The van der Waals surface area contributed by atoms with Gasteiger partial charge in [-0.05, 0) is 24.3 Å². The second-order valence-corrected chi connectivity index (χ2v) is 6.35. The fourth-order valence-electron chi connectivity index (χ4n) is 2.69. The molecule has 0 atom stereocenters. The van der Waals surface area contributed by atoms with Crippen LogP contribution >= 0.6 is 23.2 Å². The number of aromatic amines is 1. The van der Waals surface area contributed by atoms with Crippen molar-refractivity contribution >= 4 is 23.2 Å². The van der Waals surface area contributed by atoms with E-state index in [9.17, 15) is 0 Å². The Labute approximate surface area is 155 Å². The molecule has 1 N–H and O–H groups in total. The normalized spacial score (nSPS) is 10.8. The first-order chi connectivity index (χ1) is 12.2. The van der Waals surface area contributed by atoms with E-state index in [1.807, 2.05) is 54.6 Å². The maximum absolute atomic E-state index is 6.21. The summed E-state index contributed by atoms with van der Waals surface area (Å²) in [7, 11) is 0. The van der Waals surface area contributed by atoms with Crippen LogP contribution in [0.1, 0.15) is 0 Å². The van der Waals surface area contributed by atoms with E-state index in [0.717, 1.165) is 33.9 Å². The van der Waals surface area contributed by atoms with Gasteiger partial charge in [-0.3, -0.25) is 4.98 Å². The Morgan fingerprint density at radius 1 is 0.720 bits per heavy atom. The molecule has 0 spiro atoms. The van der Waals surface area contributed by atoms with Crippen molar-refractivity contribution in [3.05, 3.63) is 83.1 Å². The van der Waals surface area contributed by atoms with Crippen LogP contribution in [0.25, 0.3) is 33.9 Å². The summed E-state index contributed by atoms with van der Waals surface area (Å²) < 4.78 is 0. The minimum atomic E-state index is 0.506. The number of hydrogen-bond donors (Lipinski definition) is 1. The second kappa shape index (κ2) is 6.71. The van der Waals surface area contributed by atoms with E-state index in [1.165, 1.54) is 0 Å². The second-order valence-electron chi connectivity index (χ2n) is 5.54. The molecule has 122 valence electrons. The van der Waals surface area contributed by atoms with Crippen LogP contribution in [0.5, 0.6) is 0 Å². The average molecular weight is 366 g/mol. The van der Waals surface area contributed by atoms with Crippen molar-refractivity contribution in [2.24, 2.45) is 0 Å². The number of H-pyrrole nitrogens is 1. The highest BCUT2D eigenvalue weighted by atomic mass is 35.5. The number of nitrogens with zero attached hydrogens (tertiary/aromatic N) is 2. The highest BCUT2D eigenvalue weighted by molar-refractivity contribution is 6.42. The van der Waals surface area contributed by atoms with Gasteiger partial charge < -0.3 is 4.98 Å². The molecular formula is C20H13Cl2N3. The van der Waals surface area contributed by atoms with Gasteiger partial charge in [0.1, 0.15) is 5.82 Å². The van der Waals surface area contributed by atoms with E-state index in [-0.39, 0.29) is 0 Å². The van der Waals surface area contributed by atoms with Crippen molar-refractivity contribution in [2.45, 2.75) is 0 Å². The SMILES string of the molecule is Clc1ccc(-c2nc(-c3ccncc3)[nH]c2-c2ccccc2)cc1Cl. The lowest BCUT2D eigenvalue weighted by molar-refractivity contribution is 1.27. The van der Waals surface area contributed by atoms with Gasteiger partial charge in [-0.2, -0.15) is 0 Å². The van der Waals surface area contributed by atoms with Crippen LogP contribution in [-0.2, 0) is 0 Å². The summed E-state index contributed by atoms with van der Waals surface area (Å²) in [6.45, 7) is 0. The summed E-state index contributed by atoms with van der Waals surface area (Å²) in [6, 6.07) is 19.5. The highest BCUT2D eigenvalue weighted by Crippen LogP contribution is 2.35. The third kappa shape index (κ3) is 3.16.